The summed E-state index contributed by atoms with van der Waals surface area (Å²) in [4.78, 5) is 0. The maximum Gasteiger partial charge on any atom is 0.0693 e. The van der Waals surface area contributed by atoms with Crippen molar-refractivity contribution in [2.45, 2.75) is 43.6 Å². The summed E-state index contributed by atoms with van der Waals surface area (Å²) in [6.45, 7) is 5.42. The molecule has 0 bridgehead atoms. The first kappa shape index (κ1) is 11.3. The summed E-state index contributed by atoms with van der Waals surface area (Å²) in [5.41, 5.74) is 0. The summed E-state index contributed by atoms with van der Waals surface area (Å²) >= 11 is 2.00. The molecule has 2 atom stereocenters. The molecule has 0 aliphatic heterocycles. The Balaban J connectivity index is 2.18. The van der Waals surface area contributed by atoms with Gasteiger partial charge in [0.05, 0.1) is 6.10 Å². The number of hydrogen-bond donors (Lipinski definition) is 1. The van der Waals surface area contributed by atoms with E-state index < -0.39 is 0 Å². The minimum Gasteiger partial charge on any atom is -0.380 e. The van der Waals surface area contributed by atoms with Crippen LogP contribution in [0, 0.1) is 0 Å². The minimum absolute atomic E-state index is 0.303. The second kappa shape index (κ2) is 4.67. The summed E-state index contributed by atoms with van der Waals surface area (Å²) in [6.07, 6.45) is 5.25. The zero-order valence-electron chi connectivity index (χ0n) is 9.09. The van der Waals surface area contributed by atoms with Crippen molar-refractivity contribution in [2.75, 3.05) is 19.9 Å². The number of methoxy groups -OCH3 is 1. The molecule has 2 nitrogen and oxygen atoms in total. The van der Waals surface area contributed by atoms with Crippen LogP contribution in [0.2, 0.25) is 0 Å². The summed E-state index contributed by atoms with van der Waals surface area (Å²) in [6, 6.07) is 0.453. The molecule has 0 aromatic rings. The molecule has 0 heterocycles. The zero-order valence-corrected chi connectivity index (χ0v) is 9.91. The van der Waals surface area contributed by atoms with E-state index in [1.54, 1.807) is 7.11 Å². The van der Waals surface area contributed by atoms with Gasteiger partial charge in [-0.2, -0.15) is 11.8 Å². The van der Waals surface area contributed by atoms with E-state index in [1.165, 1.54) is 12.8 Å². The Labute approximate surface area is 85.8 Å². The van der Waals surface area contributed by atoms with E-state index >= 15 is 0 Å². The Morgan fingerprint density at radius 1 is 1.46 bits per heavy atom. The van der Waals surface area contributed by atoms with E-state index in [2.05, 4.69) is 25.4 Å². The van der Waals surface area contributed by atoms with Gasteiger partial charge in [0.15, 0.2) is 0 Å². The number of nitrogens with one attached hydrogen (secondary N) is 1. The van der Waals surface area contributed by atoms with Crippen LogP contribution in [-0.2, 0) is 4.74 Å². The molecule has 1 N–H and O–H groups in total. The predicted molar refractivity (Wildman–Crippen MR) is 59.4 cm³/mol. The smallest absolute Gasteiger partial charge is 0.0693 e. The Kier molecular flexibility index (Phi) is 4.07. The lowest BCUT2D eigenvalue weighted by Crippen LogP contribution is -2.40. The molecule has 0 amide bonds. The normalized spacial score (nSPS) is 24.0. The monoisotopic (exact) mass is 203 g/mol. The third-order valence-electron chi connectivity index (χ3n) is 3.06. The van der Waals surface area contributed by atoms with Crippen LogP contribution in [0.1, 0.15) is 26.7 Å². The van der Waals surface area contributed by atoms with E-state index in [1.807, 2.05) is 11.8 Å². The van der Waals surface area contributed by atoms with Crippen LogP contribution >= 0.6 is 11.8 Å². The third kappa shape index (κ3) is 3.15. The highest BCUT2D eigenvalue weighted by atomic mass is 32.2. The van der Waals surface area contributed by atoms with Crippen molar-refractivity contribution < 1.29 is 4.74 Å². The van der Waals surface area contributed by atoms with Crippen LogP contribution in [0.5, 0.6) is 0 Å². The van der Waals surface area contributed by atoms with Gasteiger partial charge in [0.2, 0.25) is 0 Å². The minimum atomic E-state index is 0.303. The molecule has 1 aliphatic rings. The molecular formula is C10H21NOS. The second-order valence-corrected chi connectivity index (χ2v) is 5.27. The van der Waals surface area contributed by atoms with E-state index in [-0.39, 0.29) is 0 Å². The van der Waals surface area contributed by atoms with Crippen molar-refractivity contribution in [2.24, 2.45) is 0 Å². The molecule has 0 aromatic carbocycles. The number of hydrogen-bond acceptors (Lipinski definition) is 3. The number of thioether (sulfide) groups is 1. The second-order valence-electron chi connectivity index (χ2n) is 4.00. The van der Waals surface area contributed by atoms with Gasteiger partial charge < -0.3 is 10.1 Å². The van der Waals surface area contributed by atoms with Crippen LogP contribution in [0.4, 0.5) is 0 Å². The van der Waals surface area contributed by atoms with Crippen LogP contribution in [-0.4, -0.2) is 36.8 Å². The van der Waals surface area contributed by atoms with Crippen molar-refractivity contribution in [3.8, 4) is 0 Å². The van der Waals surface area contributed by atoms with E-state index in [0.717, 1.165) is 6.54 Å². The maximum absolute atomic E-state index is 5.26. The molecule has 2 unspecified atom stereocenters. The molecule has 1 saturated carbocycles. The molecule has 0 radical (unpaired) electrons. The van der Waals surface area contributed by atoms with Crippen LogP contribution in [0.15, 0.2) is 0 Å². The highest BCUT2D eigenvalue weighted by molar-refractivity contribution is 8.00. The van der Waals surface area contributed by atoms with Gasteiger partial charge in [-0.3, -0.25) is 0 Å². The highest BCUT2D eigenvalue weighted by Gasteiger charge is 2.41. The van der Waals surface area contributed by atoms with Gasteiger partial charge in [0.1, 0.15) is 0 Å². The lowest BCUT2D eigenvalue weighted by molar-refractivity contribution is 0.0888. The van der Waals surface area contributed by atoms with E-state index in [4.69, 9.17) is 4.74 Å². The fourth-order valence-electron chi connectivity index (χ4n) is 1.31. The van der Waals surface area contributed by atoms with Crippen molar-refractivity contribution in [1.82, 2.24) is 5.32 Å². The van der Waals surface area contributed by atoms with Crippen molar-refractivity contribution in [1.29, 1.82) is 0 Å². The van der Waals surface area contributed by atoms with Crippen LogP contribution < -0.4 is 5.32 Å². The summed E-state index contributed by atoms with van der Waals surface area (Å²) < 4.78 is 5.82. The average molecular weight is 203 g/mol. The Morgan fingerprint density at radius 3 is 2.46 bits per heavy atom. The van der Waals surface area contributed by atoms with Gasteiger partial charge >= 0.3 is 0 Å². The van der Waals surface area contributed by atoms with E-state index in [9.17, 15) is 0 Å². The molecule has 78 valence electrons. The summed E-state index contributed by atoms with van der Waals surface area (Å²) in [5, 5.41) is 3.54. The van der Waals surface area contributed by atoms with Gasteiger partial charge in [0, 0.05) is 24.4 Å². The molecule has 1 fully saturated rings. The molecule has 1 rings (SSSR count). The summed E-state index contributed by atoms with van der Waals surface area (Å²) in [5.74, 6) is 0. The van der Waals surface area contributed by atoms with Gasteiger partial charge in [-0.25, -0.2) is 0 Å². The molecule has 3 heteroatoms. The Morgan fingerprint density at radius 2 is 2.08 bits per heavy atom. The molecule has 0 saturated heterocycles. The molecule has 1 aliphatic carbocycles. The zero-order chi connectivity index (χ0) is 9.90. The quantitative estimate of drug-likeness (QED) is 0.712. The average Bonchev–Trinajstić information content (AvgIpc) is 2.93. The molecule has 0 aromatic heterocycles. The molecular weight excluding hydrogens is 182 g/mol. The van der Waals surface area contributed by atoms with Crippen LogP contribution in [0.3, 0.4) is 0 Å². The third-order valence-corrected chi connectivity index (χ3v) is 4.48. The Bertz CT molecular complexity index is 159. The first-order chi connectivity index (χ1) is 6.13. The maximum atomic E-state index is 5.26. The van der Waals surface area contributed by atoms with Gasteiger partial charge in [-0.05, 0) is 32.9 Å². The van der Waals surface area contributed by atoms with Crippen molar-refractivity contribution in [3.63, 3.8) is 0 Å². The van der Waals surface area contributed by atoms with Crippen molar-refractivity contribution in [3.05, 3.63) is 0 Å². The van der Waals surface area contributed by atoms with Gasteiger partial charge in [-0.1, -0.05) is 0 Å². The SMILES string of the molecule is COC(C)C(C)NCC1(SC)CC1. The highest BCUT2D eigenvalue weighted by Crippen LogP contribution is 2.46. The van der Waals surface area contributed by atoms with E-state index in [0.29, 0.717) is 16.9 Å². The predicted octanol–water partition coefficient (Wildman–Crippen LogP) is 1.90. The fraction of sp³-hybridized carbons (Fsp3) is 1.00. The fourth-order valence-corrected chi connectivity index (χ4v) is 2.05. The Hall–Kier alpha value is 0.270. The van der Waals surface area contributed by atoms with Crippen molar-refractivity contribution >= 4 is 11.8 Å². The molecule has 0 spiro atoms. The lowest BCUT2D eigenvalue weighted by atomic mass is 10.2. The largest absolute Gasteiger partial charge is 0.380 e. The number of rotatable bonds is 6. The van der Waals surface area contributed by atoms with Gasteiger partial charge in [0.25, 0.3) is 0 Å². The lowest BCUT2D eigenvalue weighted by Gasteiger charge is -2.22. The molecule has 13 heavy (non-hydrogen) atoms. The first-order valence-corrected chi connectivity index (χ1v) is 6.17. The van der Waals surface area contributed by atoms with Crippen LogP contribution in [0.25, 0.3) is 0 Å². The standard InChI is InChI=1S/C10H21NOS/c1-8(9(2)12-3)11-7-10(13-4)5-6-10/h8-9,11H,5-7H2,1-4H3. The number of ether oxygens (including phenoxy) is 1. The van der Waals surface area contributed by atoms with Gasteiger partial charge in [-0.15, -0.1) is 0 Å². The summed E-state index contributed by atoms with van der Waals surface area (Å²) in [7, 11) is 1.77. The topological polar surface area (TPSA) is 21.3 Å². The first-order valence-electron chi connectivity index (χ1n) is 4.95.